The van der Waals surface area contributed by atoms with Gasteiger partial charge in [-0.25, -0.2) is 23.3 Å². The first-order valence-corrected chi connectivity index (χ1v) is 10.1. The van der Waals surface area contributed by atoms with Gasteiger partial charge in [0.2, 0.25) is 0 Å². The van der Waals surface area contributed by atoms with E-state index in [0.717, 1.165) is 12.8 Å². The SMILES string of the molecule is CC(C)O.CC(C)O.CC1=CC[C-]=C1.CC1=CC[C-]=C1.C[C](C)=[Hf+2]. The summed E-state index contributed by atoms with van der Waals surface area (Å²) in [5.41, 5.74) is 2.69. The average Bonchev–Trinajstić information content (AvgIpc) is 3.01. The van der Waals surface area contributed by atoms with Crippen LogP contribution in [0.3, 0.4) is 0 Å². The molecule has 2 rings (SSSR count). The maximum atomic E-state index is 8.06. The Morgan fingerprint density at radius 1 is 0.875 bits per heavy atom. The van der Waals surface area contributed by atoms with Crippen molar-refractivity contribution in [1.29, 1.82) is 0 Å². The first-order chi connectivity index (χ1) is 11.0. The van der Waals surface area contributed by atoms with Crippen molar-refractivity contribution in [3.05, 3.63) is 47.6 Å². The number of hydrogen-bond donors (Lipinski definition) is 2. The van der Waals surface area contributed by atoms with Gasteiger partial charge in [0, 0.05) is 12.2 Å². The Labute approximate surface area is 165 Å². The Morgan fingerprint density at radius 2 is 1.08 bits per heavy atom. The summed E-state index contributed by atoms with van der Waals surface area (Å²) in [6.45, 7) is 15.3. The maximum absolute atomic E-state index is 8.06. The van der Waals surface area contributed by atoms with E-state index >= 15 is 0 Å². The molecule has 0 heterocycles. The molecule has 2 N–H and O–H groups in total. The van der Waals surface area contributed by atoms with Crippen LogP contribution >= 0.6 is 0 Å². The van der Waals surface area contributed by atoms with Crippen LogP contribution in [0, 0.1) is 12.2 Å². The van der Waals surface area contributed by atoms with Crippen LogP contribution in [0.1, 0.15) is 68.2 Å². The summed E-state index contributed by atoms with van der Waals surface area (Å²) in [6, 6.07) is 0. The van der Waals surface area contributed by atoms with E-state index in [1.807, 2.05) is 12.2 Å². The van der Waals surface area contributed by atoms with Crippen LogP contribution in [0.25, 0.3) is 0 Å². The van der Waals surface area contributed by atoms with Crippen LogP contribution in [-0.2, 0) is 23.9 Å². The van der Waals surface area contributed by atoms with Gasteiger partial charge in [-0.3, -0.25) is 12.2 Å². The summed E-state index contributed by atoms with van der Waals surface area (Å²) in [4.78, 5) is 0. The molecule has 0 saturated heterocycles. The van der Waals surface area contributed by atoms with Crippen molar-refractivity contribution in [2.24, 2.45) is 0 Å². The van der Waals surface area contributed by atoms with Gasteiger partial charge < -0.3 is 10.2 Å². The van der Waals surface area contributed by atoms with Gasteiger partial charge in [-0.15, -0.1) is 26.7 Å². The molecule has 0 aromatic heterocycles. The normalized spacial score (nSPS) is 13.4. The molecule has 0 radical (unpaired) electrons. The summed E-state index contributed by atoms with van der Waals surface area (Å²) in [7, 11) is 0. The molecule has 0 bridgehead atoms. The van der Waals surface area contributed by atoms with E-state index in [1.165, 1.54) is 35.0 Å². The second kappa shape index (κ2) is 20.7. The van der Waals surface area contributed by atoms with Crippen LogP contribution in [0.5, 0.6) is 0 Å². The van der Waals surface area contributed by atoms with E-state index in [4.69, 9.17) is 10.2 Å². The fraction of sp³-hybridized carbons (Fsp3) is 0.571. The zero-order chi connectivity index (χ0) is 19.5. The number of aliphatic hydroxyl groups is 2. The Balaban J connectivity index is -0.000000234. The molecule has 0 unspecified atom stereocenters. The quantitative estimate of drug-likeness (QED) is 0.368. The van der Waals surface area contributed by atoms with Gasteiger partial charge in [-0.05, 0) is 27.7 Å². The molecule has 2 nitrogen and oxygen atoms in total. The topological polar surface area (TPSA) is 40.5 Å². The molecule has 2 aliphatic carbocycles. The fourth-order valence-electron chi connectivity index (χ4n) is 0.998. The predicted molar refractivity (Wildman–Crippen MR) is 103 cm³/mol. The van der Waals surface area contributed by atoms with Crippen molar-refractivity contribution in [3.63, 3.8) is 0 Å². The van der Waals surface area contributed by atoms with Crippen LogP contribution in [-0.4, -0.2) is 25.7 Å². The molecule has 0 fully saturated rings. The number of aliphatic hydroxyl groups excluding tert-OH is 2. The van der Waals surface area contributed by atoms with Crippen molar-refractivity contribution in [1.82, 2.24) is 0 Å². The third-order valence-electron chi connectivity index (χ3n) is 1.74. The van der Waals surface area contributed by atoms with E-state index in [1.54, 1.807) is 31.0 Å². The van der Waals surface area contributed by atoms with E-state index in [2.05, 4.69) is 52.0 Å². The average molecular weight is 499 g/mol. The van der Waals surface area contributed by atoms with Crippen molar-refractivity contribution in [3.8, 4) is 0 Å². The van der Waals surface area contributed by atoms with Crippen molar-refractivity contribution < 1.29 is 34.1 Å². The van der Waals surface area contributed by atoms with Gasteiger partial charge in [0.1, 0.15) is 0 Å². The van der Waals surface area contributed by atoms with Gasteiger partial charge in [0.25, 0.3) is 0 Å². The van der Waals surface area contributed by atoms with E-state index < -0.39 is 0 Å². The number of hydrogen-bond acceptors (Lipinski definition) is 2. The summed E-state index contributed by atoms with van der Waals surface area (Å²) in [5, 5.41) is 16.1. The second-order valence-corrected chi connectivity index (χ2v) is 9.78. The molecule has 0 spiro atoms. The van der Waals surface area contributed by atoms with E-state index in [0.29, 0.717) is 0 Å². The summed E-state index contributed by atoms with van der Waals surface area (Å²) in [5.74, 6) is 0. The minimum absolute atomic E-state index is 0.167. The summed E-state index contributed by atoms with van der Waals surface area (Å²) < 4.78 is 1.56. The number of rotatable bonds is 0. The molecule has 3 heteroatoms. The standard InChI is InChI=1S/2C6H7.2C3H8O.C3H6.Hf/c2*1-6-4-2-3-5-6;2*1-3(2)4;1-3-2;/h2*4-5H,2H2,1H3;2*3-4H,1-2H3;1-2H3;/q2*-1;;;;+2. The summed E-state index contributed by atoms with van der Waals surface area (Å²) >= 11 is 1.27. The minimum atomic E-state index is -0.167. The molecule has 24 heavy (non-hydrogen) atoms. The van der Waals surface area contributed by atoms with Gasteiger partial charge in [-0.2, -0.15) is 12.2 Å². The fourth-order valence-corrected chi connectivity index (χ4v) is 0.998. The third kappa shape index (κ3) is 49.6. The monoisotopic (exact) mass is 500 g/mol. The Morgan fingerprint density at radius 3 is 1.12 bits per heavy atom. The van der Waals surface area contributed by atoms with Crippen LogP contribution in [0.15, 0.2) is 35.5 Å². The van der Waals surface area contributed by atoms with Gasteiger partial charge >= 0.3 is 41.0 Å². The van der Waals surface area contributed by atoms with Gasteiger partial charge in [0.05, 0.1) is 0 Å². The van der Waals surface area contributed by atoms with E-state index in [-0.39, 0.29) is 12.2 Å². The zero-order valence-electron chi connectivity index (χ0n) is 16.8. The van der Waals surface area contributed by atoms with Gasteiger partial charge in [0.15, 0.2) is 0 Å². The van der Waals surface area contributed by atoms with Crippen molar-refractivity contribution >= 4 is 3.26 Å². The van der Waals surface area contributed by atoms with Crippen LogP contribution in [0.2, 0.25) is 0 Å². The Hall–Kier alpha value is -0.380. The van der Waals surface area contributed by atoms with Crippen molar-refractivity contribution in [2.45, 2.75) is 80.4 Å². The molecular formula is C21H36HfO2. The molecule has 0 aromatic carbocycles. The first-order valence-electron chi connectivity index (χ1n) is 8.33. The van der Waals surface area contributed by atoms with Crippen LogP contribution in [0.4, 0.5) is 0 Å². The molecule has 2 aliphatic rings. The van der Waals surface area contributed by atoms with Crippen LogP contribution < -0.4 is 0 Å². The molecule has 0 aliphatic heterocycles. The summed E-state index contributed by atoms with van der Waals surface area (Å²) in [6.07, 6.45) is 16.1. The zero-order valence-corrected chi connectivity index (χ0v) is 20.4. The second-order valence-electron chi connectivity index (χ2n) is 6.19. The molecule has 0 atom stereocenters. The van der Waals surface area contributed by atoms with Gasteiger partial charge in [-0.1, -0.05) is 0 Å². The Bertz CT molecular complexity index is 365. The molecule has 0 saturated carbocycles. The van der Waals surface area contributed by atoms with E-state index in [9.17, 15) is 0 Å². The molecule has 0 amide bonds. The molecule has 136 valence electrons. The molecular weight excluding hydrogens is 463 g/mol. The molecule has 0 aromatic rings. The Kier molecular flexibility index (Phi) is 24.5. The predicted octanol–water partition coefficient (Wildman–Crippen LogP) is 4.91. The first kappa shape index (κ1) is 28.4. The third-order valence-corrected chi connectivity index (χ3v) is 1.74. The number of allylic oxidation sites excluding steroid dienone is 8. The van der Waals surface area contributed by atoms with Crippen molar-refractivity contribution in [2.75, 3.05) is 0 Å².